The summed E-state index contributed by atoms with van der Waals surface area (Å²) in [6, 6.07) is 17.8. The lowest BCUT2D eigenvalue weighted by Gasteiger charge is -2.16. The van der Waals surface area contributed by atoms with Crippen LogP contribution in [0.2, 0.25) is 0 Å². The van der Waals surface area contributed by atoms with Crippen LogP contribution in [0.1, 0.15) is 28.4 Å². The first-order chi connectivity index (χ1) is 12.7. The summed E-state index contributed by atoms with van der Waals surface area (Å²) in [6.07, 6.45) is 3.71. The van der Waals surface area contributed by atoms with Crippen LogP contribution in [0.4, 0.5) is 5.69 Å². The second kappa shape index (κ2) is 8.34. The summed E-state index contributed by atoms with van der Waals surface area (Å²) in [5.74, 6) is -0.0619. The molecule has 26 heavy (non-hydrogen) atoms. The maximum atomic E-state index is 12.4. The molecule has 0 aliphatic heterocycles. The Balaban J connectivity index is 1.59. The van der Waals surface area contributed by atoms with Gasteiger partial charge in [0.05, 0.1) is 6.54 Å². The number of carbonyl (C=O) groups excluding carboxylic acids is 1. The van der Waals surface area contributed by atoms with E-state index in [4.69, 9.17) is 0 Å². The Morgan fingerprint density at radius 1 is 1.12 bits per heavy atom. The summed E-state index contributed by atoms with van der Waals surface area (Å²) in [6.45, 7) is 4.26. The van der Waals surface area contributed by atoms with Crippen LogP contribution in [-0.2, 0) is 13.1 Å². The number of carbonyl (C=O) groups is 1. The molecule has 1 aromatic heterocycles. The Morgan fingerprint density at radius 3 is 2.58 bits per heavy atom. The zero-order valence-electron chi connectivity index (χ0n) is 15.2. The summed E-state index contributed by atoms with van der Waals surface area (Å²) in [4.78, 5) is 14.5. The molecule has 0 aliphatic carbocycles. The molecule has 3 aromatic rings. The third kappa shape index (κ3) is 4.51. The summed E-state index contributed by atoms with van der Waals surface area (Å²) in [7, 11) is 2.03. The van der Waals surface area contributed by atoms with Crippen molar-refractivity contribution in [3.05, 3.63) is 83.7 Å². The molecule has 134 valence electrons. The fourth-order valence-electron chi connectivity index (χ4n) is 2.75. The highest BCUT2D eigenvalue weighted by Crippen LogP contribution is 2.14. The SMILES string of the molecule is CCN(C)c1ccc(C(=O)NCc2cccc(Cn3cccn3)c2)cc1. The maximum Gasteiger partial charge on any atom is 0.251 e. The van der Waals surface area contributed by atoms with Crippen molar-refractivity contribution in [2.24, 2.45) is 0 Å². The predicted octanol–water partition coefficient (Wildman–Crippen LogP) is 3.32. The Morgan fingerprint density at radius 2 is 1.88 bits per heavy atom. The van der Waals surface area contributed by atoms with Gasteiger partial charge in [0.2, 0.25) is 0 Å². The molecule has 1 amide bonds. The molecule has 5 nitrogen and oxygen atoms in total. The molecule has 0 atom stereocenters. The standard InChI is InChI=1S/C21H24N4O/c1-3-24(2)20-10-8-19(9-11-20)21(26)22-15-17-6-4-7-18(14-17)16-25-13-5-12-23-25/h4-14H,3,15-16H2,1-2H3,(H,22,26). The summed E-state index contributed by atoms with van der Waals surface area (Å²) < 4.78 is 1.88. The fraction of sp³-hybridized carbons (Fsp3) is 0.238. The van der Waals surface area contributed by atoms with Gasteiger partial charge in [-0.1, -0.05) is 24.3 Å². The van der Waals surface area contributed by atoms with E-state index in [1.54, 1.807) is 6.20 Å². The topological polar surface area (TPSA) is 50.2 Å². The van der Waals surface area contributed by atoms with Crippen LogP contribution in [0.3, 0.4) is 0 Å². The van der Waals surface area contributed by atoms with Crippen LogP contribution < -0.4 is 10.2 Å². The van der Waals surface area contributed by atoms with Crippen LogP contribution in [0, 0.1) is 0 Å². The van der Waals surface area contributed by atoms with Gasteiger partial charge in [0.15, 0.2) is 0 Å². The van der Waals surface area contributed by atoms with Gasteiger partial charge in [-0.15, -0.1) is 0 Å². The van der Waals surface area contributed by atoms with Crippen LogP contribution in [0.25, 0.3) is 0 Å². The van der Waals surface area contributed by atoms with Gasteiger partial charge in [-0.3, -0.25) is 9.48 Å². The minimum absolute atomic E-state index is 0.0619. The molecule has 5 heteroatoms. The normalized spacial score (nSPS) is 10.5. The molecule has 0 saturated carbocycles. The smallest absolute Gasteiger partial charge is 0.251 e. The van der Waals surface area contributed by atoms with Gasteiger partial charge in [0, 0.05) is 43.8 Å². The van der Waals surface area contributed by atoms with Crippen molar-refractivity contribution >= 4 is 11.6 Å². The van der Waals surface area contributed by atoms with Crippen molar-refractivity contribution in [1.82, 2.24) is 15.1 Å². The molecule has 0 unspecified atom stereocenters. The minimum atomic E-state index is -0.0619. The third-order valence-corrected chi connectivity index (χ3v) is 4.39. The molecule has 0 saturated heterocycles. The van der Waals surface area contributed by atoms with E-state index in [1.807, 2.05) is 60.4 Å². The highest BCUT2D eigenvalue weighted by Gasteiger charge is 2.07. The number of hydrogen-bond acceptors (Lipinski definition) is 3. The number of hydrogen-bond donors (Lipinski definition) is 1. The van der Waals surface area contributed by atoms with Gasteiger partial charge < -0.3 is 10.2 Å². The largest absolute Gasteiger partial charge is 0.375 e. The van der Waals surface area contributed by atoms with Crippen molar-refractivity contribution in [2.45, 2.75) is 20.0 Å². The molecular weight excluding hydrogens is 324 g/mol. The zero-order valence-corrected chi connectivity index (χ0v) is 15.2. The fourth-order valence-corrected chi connectivity index (χ4v) is 2.75. The maximum absolute atomic E-state index is 12.4. The van der Waals surface area contributed by atoms with Crippen molar-refractivity contribution in [3.63, 3.8) is 0 Å². The van der Waals surface area contributed by atoms with Crippen molar-refractivity contribution in [1.29, 1.82) is 0 Å². The van der Waals surface area contributed by atoms with Gasteiger partial charge in [0.25, 0.3) is 5.91 Å². The summed E-state index contributed by atoms with van der Waals surface area (Å²) >= 11 is 0. The zero-order chi connectivity index (χ0) is 18.4. The molecule has 2 aromatic carbocycles. The molecular formula is C21H24N4O. The molecule has 0 aliphatic rings. The number of rotatable bonds is 7. The van der Waals surface area contributed by atoms with Gasteiger partial charge in [-0.2, -0.15) is 5.10 Å². The number of amides is 1. The Labute approximate surface area is 154 Å². The Bertz CT molecular complexity index is 841. The molecule has 3 rings (SSSR count). The van der Waals surface area contributed by atoms with E-state index >= 15 is 0 Å². The van der Waals surface area contributed by atoms with Gasteiger partial charge in [0.1, 0.15) is 0 Å². The van der Waals surface area contributed by atoms with Gasteiger partial charge >= 0.3 is 0 Å². The van der Waals surface area contributed by atoms with Crippen molar-refractivity contribution in [2.75, 3.05) is 18.5 Å². The first-order valence-corrected chi connectivity index (χ1v) is 8.80. The van der Waals surface area contributed by atoms with E-state index in [0.717, 1.165) is 29.9 Å². The second-order valence-corrected chi connectivity index (χ2v) is 6.27. The molecule has 0 spiro atoms. The van der Waals surface area contributed by atoms with E-state index in [0.29, 0.717) is 12.1 Å². The van der Waals surface area contributed by atoms with E-state index < -0.39 is 0 Å². The van der Waals surface area contributed by atoms with Crippen molar-refractivity contribution < 1.29 is 4.79 Å². The lowest BCUT2D eigenvalue weighted by molar-refractivity contribution is 0.0951. The average Bonchev–Trinajstić information content (AvgIpc) is 3.19. The van der Waals surface area contributed by atoms with Crippen LogP contribution in [-0.4, -0.2) is 29.3 Å². The van der Waals surface area contributed by atoms with Gasteiger partial charge in [-0.05, 0) is 48.4 Å². The lowest BCUT2D eigenvalue weighted by atomic mass is 10.1. The predicted molar refractivity (Wildman–Crippen MR) is 104 cm³/mol. The molecule has 0 bridgehead atoms. The van der Waals surface area contributed by atoms with Gasteiger partial charge in [-0.25, -0.2) is 0 Å². The first-order valence-electron chi connectivity index (χ1n) is 8.80. The minimum Gasteiger partial charge on any atom is -0.375 e. The summed E-state index contributed by atoms with van der Waals surface area (Å²) in [5, 5.41) is 7.21. The van der Waals surface area contributed by atoms with E-state index in [1.165, 1.54) is 0 Å². The van der Waals surface area contributed by atoms with Crippen LogP contribution in [0.15, 0.2) is 67.0 Å². The number of anilines is 1. The second-order valence-electron chi connectivity index (χ2n) is 6.27. The van der Waals surface area contributed by atoms with E-state index in [-0.39, 0.29) is 5.91 Å². The first kappa shape index (κ1) is 17.7. The number of aromatic nitrogens is 2. The quantitative estimate of drug-likeness (QED) is 0.713. The number of nitrogens with zero attached hydrogens (tertiary/aromatic N) is 3. The molecule has 1 heterocycles. The third-order valence-electron chi connectivity index (χ3n) is 4.39. The number of nitrogens with one attached hydrogen (secondary N) is 1. The lowest BCUT2D eigenvalue weighted by Crippen LogP contribution is -2.23. The number of benzene rings is 2. The molecule has 0 fully saturated rings. The van der Waals surface area contributed by atoms with Crippen molar-refractivity contribution in [3.8, 4) is 0 Å². The average molecular weight is 348 g/mol. The highest BCUT2D eigenvalue weighted by atomic mass is 16.1. The molecule has 1 N–H and O–H groups in total. The molecule has 0 radical (unpaired) electrons. The van der Waals surface area contributed by atoms with E-state index in [2.05, 4.69) is 34.4 Å². The Hall–Kier alpha value is -3.08. The Kier molecular flexibility index (Phi) is 5.69. The monoisotopic (exact) mass is 348 g/mol. The van der Waals surface area contributed by atoms with Crippen LogP contribution in [0.5, 0.6) is 0 Å². The van der Waals surface area contributed by atoms with E-state index in [9.17, 15) is 4.79 Å². The highest BCUT2D eigenvalue weighted by molar-refractivity contribution is 5.94. The summed E-state index contributed by atoms with van der Waals surface area (Å²) in [5.41, 5.74) is 4.01. The van der Waals surface area contributed by atoms with Crippen LogP contribution >= 0.6 is 0 Å².